The molecular weight excluding hydrogens is 491 g/mol. The first-order valence-electron chi connectivity index (χ1n) is 13.8. The molecule has 0 spiro atoms. The molecule has 2 aliphatic heterocycles. The number of aliphatic hydroxyl groups excluding tert-OH is 1. The zero-order valence-corrected chi connectivity index (χ0v) is 23.9. The van der Waals surface area contributed by atoms with Crippen LogP contribution in [0.3, 0.4) is 0 Å². The number of alkyl halides is 1. The van der Waals surface area contributed by atoms with Gasteiger partial charge in [0, 0.05) is 18.8 Å². The molecule has 0 saturated carbocycles. The summed E-state index contributed by atoms with van der Waals surface area (Å²) < 4.78 is 30.8. The van der Waals surface area contributed by atoms with E-state index in [9.17, 15) is 24.2 Å². The van der Waals surface area contributed by atoms with Gasteiger partial charge < -0.3 is 24.4 Å². The van der Waals surface area contributed by atoms with E-state index in [0.717, 1.165) is 12.0 Å². The Morgan fingerprint density at radius 2 is 2.00 bits per heavy atom. The molecule has 0 radical (unpaired) electrons. The van der Waals surface area contributed by atoms with Gasteiger partial charge in [0.1, 0.15) is 24.0 Å². The molecular formula is C30H47FO7. The molecule has 38 heavy (non-hydrogen) atoms. The fourth-order valence-electron chi connectivity index (χ4n) is 4.95. The van der Waals surface area contributed by atoms with Crippen LogP contribution in [-0.2, 0) is 23.8 Å². The number of halogens is 1. The van der Waals surface area contributed by atoms with Crippen molar-refractivity contribution in [1.82, 2.24) is 0 Å². The molecule has 2 rings (SSSR count). The van der Waals surface area contributed by atoms with E-state index in [1.165, 1.54) is 6.92 Å². The molecule has 8 heteroatoms. The number of epoxide rings is 1. The third kappa shape index (κ3) is 9.93. The first kappa shape index (κ1) is 32.2. The van der Waals surface area contributed by atoms with Crippen molar-refractivity contribution < 1.29 is 38.4 Å². The number of hydrogen-bond donors (Lipinski definition) is 2. The average Bonchev–Trinajstić information content (AvgIpc) is 3.60. The second-order valence-electron chi connectivity index (χ2n) is 11.4. The number of carbonyl (C=O) groups is 2. The Bertz CT molecular complexity index is 880. The summed E-state index contributed by atoms with van der Waals surface area (Å²) in [6.45, 7) is 12.4. The number of cyclic esters (lactones) is 1. The molecule has 2 N–H and O–H groups in total. The molecule has 0 aromatic rings. The molecule has 2 aliphatic rings. The first-order valence-corrected chi connectivity index (χ1v) is 13.8. The summed E-state index contributed by atoms with van der Waals surface area (Å²) in [5, 5.41) is 21.3. The number of esters is 2. The summed E-state index contributed by atoms with van der Waals surface area (Å²) in [5.74, 6) is -1.21. The zero-order chi connectivity index (χ0) is 28.6. The van der Waals surface area contributed by atoms with Gasteiger partial charge in [0.15, 0.2) is 0 Å². The SMILES string of the molecule is CCC(F)C(C)C1OC1CC(C)C=CC=C(C)C1OC(=O)CC(O)CCC(C)(O)C(OC(C)=O)C=CC1C. The van der Waals surface area contributed by atoms with Crippen LogP contribution in [0.15, 0.2) is 36.0 Å². The van der Waals surface area contributed by atoms with Crippen molar-refractivity contribution in [1.29, 1.82) is 0 Å². The summed E-state index contributed by atoms with van der Waals surface area (Å²) in [7, 11) is 0. The minimum absolute atomic E-state index is 0.0201. The molecule has 0 aromatic carbocycles. The van der Waals surface area contributed by atoms with Gasteiger partial charge in [0.05, 0.1) is 24.7 Å². The molecule has 0 amide bonds. The Hall–Kier alpha value is -2.03. The molecule has 10 unspecified atom stereocenters. The van der Waals surface area contributed by atoms with Crippen molar-refractivity contribution in [2.75, 3.05) is 0 Å². The summed E-state index contributed by atoms with van der Waals surface area (Å²) in [6.07, 6.45) is 7.38. The number of rotatable bonds is 9. The molecule has 10 atom stereocenters. The van der Waals surface area contributed by atoms with Crippen LogP contribution >= 0.6 is 0 Å². The topological polar surface area (TPSA) is 106 Å². The highest BCUT2D eigenvalue weighted by molar-refractivity contribution is 5.70. The molecule has 0 bridgehead atoms. The zero-order valence-electron chi connectivity index (χ0n) is 23.9. The Labute approximate surface area is 227 Å². The Morgan fingerprint density at radius 3 is 2.63 bits per heavy atom. The number of allylic oxidation sites excluding steroid dienone is 3. The molecule has 7 nitrogen and oxygen atoms in total. The molecule has 216 valence electrons. The Balaban J connectivity index is 2.12. The molecule has 1 saturated heterocycles. The van der Waals surface area contributed by atoms with Crippen LogP contribution in [0.1, 0.15) is 80.6 Å². The van der Waals surface area contributed by atoms with Crippen LogP contribution in [-0.4, -0.2) is 64.4 Å². The lowest BCUT2D eigenvalue weighted by atomic mass is 9.88. The lowest BCUT2D eigenvalue weighted by Gasteiger charge is -2.32. The van der Waals surface area contributed by atoms with E-state index in [0.29, 0.717) is 6.42 Å². The molecule has 0 aliphatic carbocycles. The van der Waals surface area contributed by atoms with Crippen LogP contribution in [0.2, 0.25) is 0 Å². The lowest BCUT2D eigenvalue weighted by molar-refractivity contribution is -0.157. The van der Waals surface area contributed by atoms with Gasteiger partial charge in [-0.25, -0.2) is 4.39 Å². The quantitative estimate of drug-likeness (QED) is 0.184. The van der Waals surface area contributed by atoms with Crippen molar-refractivity contribution in [3.8, 4) is 0 Å². The number of carbonyl (C=O) groups excluding carboxylic acids is 2. The average molecular weight is 539 g/mol. The van der Waals surface area contributed by atoms with Gasteiger partial charge in [-0.3, -0.25) is 9.59 Å². The lowest BCUT2D eigenvalue weighted by Crippen LogP contribution is -2.42. The first-order chi connectivity index (χ1) is 17.7. The van der Waals surface area contributed by atoms with Crippen LogP contribution in [0.5, 0.6) is 0 Å². The van der Waals surface area contributed by atoms with Crippen LogP contribution in [0.25, 0.3) is 0 Å². The Morgan fingerprint density at radius 1 is 1.32 bits per heavy atom. The number of aliphatic hydroxyl groups is 2. The molecule has 0 aromatic heterocycles. The summed E-state index contributed by atoms with van der Waals surface area (Å²) in [6, 6.07) is 0. The highest BCUT2D eigenvalue weighted by atomic mass is 19.1. The maximum Gasteiger partial charge on any atom is 0.309 e. The Kier molecular flexibility index (Phi) is 12.2. The summed E-state index contributed by atoms with van der Waals surface area (Å²) >= 11 is 0. The number of ether oxygens (including phenoxy) is 3. The van der Waals surface area contributed by atoms with Gasteiger partial charge >= 0.3 is 11.9 Å². The number of hydrogen-bond acceptors (Lipinski definition) is 7. The minimum atomic E-state index is -1.41. The van der Waals surface area contributed by atoms with E-state index >= 15 is 0 Å². The molecule has 1 fully saturated rings. The van der Waals surface area contributed by atoms with Gasteiger partial charge in [-0.15, -0.1) is 0 Å². The van der Waals surface area contributed by atoms with Crippen molar-refractivity contribution >= 4 is 11.9 Å². The predicted octanol–water partition coefficient (Wildman–Crippen LogP) is 5.00. The predicted molar refractivity (Wildman–Crippen MR) is 144 cm³/mol. The van der Waals surface area contributed by atoms with Crippen molar-refractivity contribution in [2.45, 2.75) is 123 Å². The fraction of sp³-hybridized carbons (Fsp3) is 0.733. The normalized spacial score (nSPS) is 35.5. The second-order valence-corrected chi connectivity index (χ2v) is 11.4. The minimum Gasteiger partial charge on any atom is -0.457 e. The van der Waals surface area contributed by atoms with E-state index in [4.69, 9.17) is 14.2 Å². The second kappa shape index (κ2) is 14.4. The standard InChI is InChI=1S/C30H47FO7/c1-8-24(31)21(5)29-25(37-29)16-18(2)10-9-11-19(3)28-20(4)12-13-26(36-22(6)32)30(7,35)15-14-23(33)17-27(34)38-28/h9-13,18,20-21,23-26,28-29,33,35H,8,14-17H2,1-7H3. The highest BCUT2D eigenvalue weighted by Gasteiger charge is 2.45. The van der Waals surface area contributed by atoms with Crippen LogP contribution in [0, 0.1) is 17.8 Å². The van der Waals surface area contributed by atoms with Gasteiger partial charge in [0.25, 0.3) is 0 Å². The van der Waals surface area contributed by atoms with Crippen molar-refractivity contribution in [3.63, 3.8) is 0 Å². The maximum absolute atomic E-state index is 13.9. The van der Waals surface area contributed by atoms with Gasteiger partial charge in [0.2, 0.25) is 0 Å². The van der Waals surface area contributed by atoms with Crippen molar-refractivity contribution in [2.24, 2.45) is 17.8 Å². The van der Waals surface area contributed by atoms with E-state index < -0.39 is 42.0 Å². The van der Waals surface area contributed by atoms with Gasteiger partial charge in [-0.1, -0.05) is 52.0 Å². The van der Waals surface area contributed by atoms with E-state index in [1.54, 1.807) is 19.1 Å². The van der Waals surface area contributed by atoms with Gasteiger partial charge in [-0.2, -0.15) is 0 Å². The highest BCUT2D eigenvalue weighted by Crippen LogP contribution is 2.37. The fourth-order valence-corrected chi connectivity index (χ4v) is 4.95. The third-order valence-corrected chi connectivity index (χ3v) is 7.57. The van der Waals surface area contributed by atoms with Gasteiger partial charge in [-0.05, 0) is 57.1 Å². The third-order valence-electron chi connectivity index (χ3n) is 7.57. The van der Waals surface area contributed by atoms with Crippen molar-refractivity contribution in [3.05, 3.63) is 36.0 Å². The van der Waals surface area contributed by atoms with E-state index in [-0.39, 0.29) is 49.2 Å². The van der Waals surface area contributed by atoms with Crippen LogP contribution < -0.4 is 0 Å². The summed E-state index contributed by atoms with van der Waals surface area (Å²) in [4.78, 5) is 24.2. The van der Waals surface area contributed by atoms with E-state index in [1.807, 2.05) is 39.8 Å². The van der Waals surface area contributed by atoms with Crippen LogP contribution in [0.4, 0.5) is 4.39 Å². The maximum atomic E-state index is 13.9. The monoisotopic (exact) mass is 538 g/mol. The largest absolute Gasteiger partial charge is 0.457 e. The summed E-state index contributed by atoms with van der Waals surface area (Å²) in [5.41, 5.74) is -0.603. The van der Waals surface area contributed by atoms with E-state index in [2.05, 4.69) is 13.0 Å². The molecule has 2 heterocycles. The smallest absolute Gasteiger partial charge is 0.309 e.